The van der Waals surface area contributed by atoms with Crippen molar-refractivity contribution in [3.63, 3.8) is 0 Å². The molecule has 146 valence electrons. The molecule has 1 aliphatic heterocycles. The predicted molar refractivity (Wildman–Crippen MR) is 112 cm³/mol. The Labute approximate surface area is 169 Å². The summed E-state index contributed by atoms with van der Waals surface area (Å²) in [6, 6.07) is 13.3. The second kappa shape index (κ2) is 7.36. The Bertz CT molecular complexity index is 1200. The third kappa shape index (κ3) is 3.37. The van der Waals surface area contributed by atoms with E-state index in [4.69, 9.17) is 12.2 Å². The van der Waals surface area contributed by atoms with Gasteiger partial charge in [-0.1, -0.05) is 48.6 Å². The molecule has 0 spiro atoms. The highest BCUT2D eigenvalue weighted by molar-refractivity contribution is 7.89. The minimum absolute atomic E-state index is 0.345. The number of hydrogen-bond acceptors (Lipinski definition) is 4. The van der Waals surface area contributed by atoms with Gasteiger partial charge in [-0.2, -0.15) is 9.40 Å². The topological polar surface area (TPSA) is 70.5 Å². The van der Waals surface area contributed by atoms with Crippen molar-refractivity contribution in [2.75, 3.05) is 33.2 Å². The maximum atomic E-state index is 13.3. The minimum Gasteiger partial charge on any atom is -0.335 e. The molecule has 1 aliphatic rings. The number of aryl methyl sites for hydroxylation is 1. The van der Waals surface area contributed by atoms with Gasteiger partial charge in [0.05, 0.1) is 43.8 Å². The molecule has 0 radical (unpaired) electrons. The van der Waals surface area contributed by atoms with Crippen LogP contribution in [0, 0.1) is 11.6 Å². The fourth-order valence-electron chi connectivity index (χ4n) is 3.61. The number of aromatic nitrogens is 2. The number of nitrogens with zero attached hydrogens (tertiary/aromatic N) is 2. The Kier molecular flexibility index (Phi) is 5.05. The van der Waals surface area contributed by atoms with Crippen molar-refractivity contribution < 1.29 is 13.3 Å². The van der Waals surface area contributed by atoms with Crippen molar-refractivity contribution in [3.8, 4) is 11.3 Å². The number of benzene rings is 2. The van der Waals surface area contributed by atoms with Crippen LogP contribution in [0.25, 0.3) is 22.0 Å². The van der Waals surface area contributed by atoms with Crippen molar-refractivity contribution in [3.05, 3.63) is 52.7 Å². The summed E-state index contributed by atoms with van der Waals surface area (Å²) in [6.45, 7) is 4.55. The first-order valence-electron chi connectivity index (χ1n) is 9.28. The standard InChI is InChI=1S/C20H22N4O2S2/c1-14-7-8-15(19-16-5-3-4-6-17(16)20(27)22-21-19)13-18(14)28(25,26)24-11-9-23(2)10-12-24/h3-8,13H,9-12H2,1-2H3,(H,22,27)/p+1. The Morgan fingerprint density at radius 1 is 1.11 bits per heavy atom. The first-order valence-corrected chi connectivity index (χ1v) is 11.1. The van der Waals surface area contributed by atoms with Crippen molar-refractivity contribution in [2.24, 2.45) is 0 Å². The molecule has 3 aromatic rings. The average Bonchev–Trinajstić information content (AvgIpc) is 2.69. The molecule has 8 heteroatoms. The van der Waals surface area contributed by atoms with Gasteiger partial charge >= 0.3 is 0 Å². The van der Waals surface area contributed by atoms with E-state index < -0.39 is 10.0 Å². The Morgan fingerprint density at radius 3 is 2.50 bits per heavy atom. The van der Waals surface area contributed by atoms with Crippen LogP contribution in [-0.4, -0.2) is 56.1 Å². The molecule has 2 N–H and O–H groups in total. The molecular formula is C20H23N4O2S2+. The minimum atomic E-state index is -3.55. The maximum absolute atomic E-state index is 13.3. The fraction of sp³-hybridized carbons (Fsp3) is 0.300. The van der Waals surface area contributed by atoms with Gasteiger partial charge in [-0.15, -0.1) is 0 Å². The smallest absolute Gasteiger partial charge is 0.243 e. The van der Waals surface area contributed by atoms with Gasteiger partial charge < -0.3 is 4.90 Å². The molecule has 0 unspecified atom stereocenters. The molecule has 4 rings (SSSR count). The van der Waals surface area contributed by atoms with Crippen LogP contribution in [0.4, 0.5) is 0 Å². The number of fused-ring (bicyclic) bond motifs is 1. The highest BCUT2D eigenvalue weighted by Crippen LogP contribution is 2.30. The van der Waals surface area contributed by atoms with Crippen LogP contribution in [0.1, 0.15) is 5.56 Å². The van der Waals surface area contributed by atoms with Gasteiger partial charge in [-0.25, -0.2) is 8.42 Å². The highest BCUT2D eigenvalue weighted by Gasteiger charge is 2.30. The van der Waals surface area contributed by atoms with E-state index in [-0.39, 0.29) is 0 Å². The molecule has 0 atom stereocenters. The van der Waals surface area contributed by atoms with E-state index in [2.05, 4.69) is 17.2 Å². The number of piperazine rings is 1. The van der Waals surface area contributed by atoms with Gasteiger partial charge in [0, 0.05) is 16.3 Å². The summed E-state index contributed by atoms with van der Waals surface area (Å²) in [4.78, 5) is 1.70. The molecule has 1 saturated heterocycles. The van der Waals surface area contributed by atoms with Crippen LogP contribution in [-0.2, 0) is 10.0 Å². The van der Waals surface area contributed by atoms with Crippen molar-refractivity contribution in [1.29, 1.82) is 0 Å². The van der Waals surface area contributed by atoms with Crippen LogP contribution >= 0.6 is 12.2 Å². The summed E-state index contributed by atoms with van der Waals surface area (Å²) in [7, 11) is -1.46. The summed E-state index contributed by atoms with van der Waals surface area (Å²) in [5.74, 6) is 0. The van der Waals surface area contributed by atoms with Gasteiger partial charge in [0.15, 0.2) is 0 Å². The van der Waals surface area contributed by atoms with Crippen molar-refractivity contribution in [2.45, 2.75) is 11.8 Å². The van der Waals surface area contributed by atoms with E-state index >= 15 is 0 Å². The number of sulfonamides is 1. The van der Waals surface area contributed by atoms with Gasteiger partial charge in [0.25, 0.3) is 0 Å². The number of aromatic amines is 1. The number of nitrogens with one attached hydrogen (secondary N) is 2. The first-order chi connectivity index (χ1) is 13.4. The van der Waals surface area contributed by atoms with E-state index in [0.717, 1.165) is 35.0 Å². The third-order valence-corrected chi connectivity index (χ3v) is 7.70. The summed E-state index contributed by atoms with van der Waals surface area (Å²) in [6.07, 6.45) is 0. The summed E-state index contributed by atoms with van der Waals surface area (Å²) < 4.78 is 28.7. The zero-order valence-corrected chi connectivity index (χ0v) is 17.5. The van der Waals surface area contributed by atoms with Crippen LogP contribution in [0.3, 0.4) is 0 Å². The monoisotopic (exact) mass is 415 g/mol. The Hall–Kier alpha value is -2.13. The van der Waals surface area contributed by atoms with Gasteiger partial charge in [0.2, 0.25) is 10.0 Å². The summed E-state index contributed by atoms with van der Waals surface area (Å²) in [5, 5.41) is 9.10. The third-order valence-electron chi connectivity index (χ3n) is 5.35. The molecule has 1 aromatic heterocycles. The average molecular weight is 416 g/mol. The molecule has 1 fully saturated rings. The van der Waals surface area contributed by atoms with Crippen LogP contribution in [0.15, 0.2) is 47.4 Å². The predicted octanol–water partition coefficient (Wildman–Crippen LogP) is 1.79. The molecule has 0 aliphatic carbocycles. The van der Waals surface area contributed by atoms with Crippen LogP contribution in [0.2, 0.25) is 0 Å². The lowest BCUT2D eigenvalue weighted by Gasteiger charge is -2.29. The van der Waals surface area contributed by atoms with Crippen molar-refractivity contribution >= 4 is 33.0 Å². The largest absolute Gasteiger partial charge is 0.335 e. The van der Waals surface area contributed by atoms with Gasteiger partial charge in [0.1, 0.15) is 4.64 Å². The normalized spacial score (nSPS) is 16.5. The van der Waals surface area contributed by atoms with Crippen molar-refractivity contribution in [1.82, 2.24) is 14.5 Å². The lowest BCUT2D eigenvalue weighted by Crippen LogP contribution is -3.12. The molecular weight excluding hydrogens is 392 g/mol. The molecule has 0 amide bonds. The zero-order valence-electron chi connectivity index (χ0n) is 15.9. The fourth-order valence-corrected chi connectivity index (χ4v) is 5.52. The van der Waals surface area contributed by atoms with Gasteiger partial charge in [-0.3, -0.25) is 5.10 Å². The van der Waals surface area contributed by atoms with Crippen LogP contribution in [0.5, 0.6) is 0 Å². The SMILES string of the molecule is Cc1ccc(-c2n[nH]c(=S)c3ccccc23)cc1S(=O)(=O)N1CC[NH+](C)CC1. The number of rotatable bonds is 3. The maximum Gasteiger partial charge on any atom is 0.243 e. The molecule has 6 nitrogen and oxygen atoms in total. The highest BCUT2D eigenvalue weighted by atomic mass is 32.2. The van der Waals surface area contributed by atoms with E-state index in [1.54, 1.807) is 10.4 Å². The quantitative estimate of drug-likeness (QED) is 0.640. The molecule has 0 bridgehead atoms. The molecule has 28 heavy (non-hydrogen) atoms. The molecule has 0 saturated carbocycles. The second-order valence-electron chi connectivity index (χ2n) is 7.29. The molecule has 2 aromatic carbocycles. The number of quaternary nitrogens is 1. The van der Waals surface area contributed by atoms with E-state index in [1.807, 2.05) is 43.3 Å². The first kappa shape index (κ1) is 19.2. The molecule has 2 heterocycles. The number of H-pyrrole nitrogens is 1. The van der Waals surface area contributed by atoms with Crippen LogP contribution < -0.4 is 4.90 Å². The zero-order chi connectivity index (χ0) is 19.9. The lowest BCUT2D eigenvalue weighted by atomic mass is 10.0. The second-order valence-corrected chi connectivity index (χ2v) is 9.60. The van der Waals surface area contributed by atoms with E-state index in [1.165, 1.54) is 4.90 Å². The van der Waals surface area contributed by atoms with E-state index in [0.29, 0.717) is 28.3 Å². The Balaban J connectivity index is 1.83. The number of likely N-dealkylation sites (N-methyl/N-ethyl adjacent to an activating group) is 1. The Morgan fingerprint density at radius 2 is 1.79 bits per heavy atom. The van der Waals surface area contributed by atoms with Gasteiger partial charge in [-0.05, 0) is 18.6 Å². The van der Waals surface area contributed by atoms with E-state index in [9.17, 15) is 8.42 Å². The summed E-state index contributed by atoms with van der Waals surface area (Å²) in [5.41, 5.74) is 2.19. The summed E-state index contributed by atoms with van der Waals surface area (Å²) >= 11 is 5.34. The lowest BCUT2D eigenvalue weighted by molar-refractivity contribution is -0.883. The number of hydrogen-bond donors (Lipinski definition) is 2.